The smallest absolute Gasteiger partial charge is 0.0206 e. The van der Waals surface area contributed by atoms with E-state index in [1.165, 1.54) is 6.42 Å². The van der Waals surface area contributed by atoms with Crippen molar-refractivity contribution in [3.8, 4) is 0 Å². The van der Waals surface area contributed by atoms with Crippen molar-refractivity contribution in [2.75, 3.05) is 0 Å². The third-order valence-corrected chi connectivity index (χ3v) is 0.612. The van der Waals surface area contributed by atoms with Gasteiger partial charge in [0.2, 0.25) is 0 Å². The zero-order valence-corrected chi connectivity index (χ0v) is 9.49. The summed E-state index contributed by atoms with van der Waals surface area (Å²) in [4.78, 5) is 0. The van der Waals surface area contributed by atoms with Gasteiger partial charge in [0.05, 0.1) is 0 Å². The number of allylic oxidation sites excluding steroid dienone is 1. The molecule has 0 rings (SSSR count). The Bertz CT molecular complexity index is 54.9. The molecular weight excluding hydrogens is 132 g/mol. The molecule has 0 bridgehead atoms. The van der Waals surface area contributed by atoms with E-state index in [1.54, 1.807) is 0 Å². The summed E-state index contributed by atoms with van der Waals surface area (Å²) in [5, 5.41) is 0. The zero-order chi connectivity index (χ0) is 9.91. The van der Waals surface area contributed by atoms with Gasteiger partial charge in [-0.25, -0.2) is 0 Å². The van der Waals surface area contributed by atoms with Crippen LogP contribution in [0.15, 0.2) is 12.7 Å². The van der Waals surface area contributed by atoms with Crippen LogP contribution in [0.3, 0.4) is 0 Å². The molecule has 0 aromatic carbocycles. The molecule has 0 N–H and O–H groups in total. The highest BCUT2D eigenvalue weighted by atomic mass is 14.0. The van der Waals surface area contributed by atoms with Crippen LogP contribution < -0.4 is 0 Å². The summed E-state index contributed by atoms with van der Waals surface area (Å²) in [5.41, 5.74) is 0.306. The van der Waals surface area contributed by atoms with E-state index in [4.69, 9.17) is 0 Å². The van der Waals surface area contributed by atoms with E-state index in [2.05, 4.69) is 41.2 Å². The van der Waals surface area contributed by atoms with Crippen molar-refractivity contribution < 1.29 is 0 Å². The Morgan fingerprint density at radius 2 is 1.18 bits per heavy atom. The van der Waals surface area contributed by atoms with Crippen molar-refractivity contribution in [2.24, 2.45) is 5.41 Å². The van der Waals surface area contributed by atoms with Gasteiger partial charge in [0.25, 0.3) is 0 Å². The van der Waals surface area contributed by atoms with Crippen LogP contribution in [-0.2, 0) is 0 Å². The fourth-order valence-electron chi connectivity index (χ4n) is 0. The fourth-order valence-corrected chi connectivity index (χ4v) is 0. The minimum Gasteiger partial charge on any atom is -0.103 e. The Morgan fingerprint density at radius 3 is 1.18 bits per heavy atom. The second kappa shape index (κ2) is 12.4. The quantitative estimate of drug-likeness (QED) is 0.450. The molecule has 0 aromatic heterocycles. The van der Waals surface area contributed by atoms with E-state index < -0.39 is 0 Å². The van der Waals surface area contributed by atoms with E-state index in [9.17, 15) is 0 Å². The van der Waals surface area contributed by atoms with Crippen LogP contribution in [0.25, 0.3) is 0 Å². The molecule has 70 valence electrons. The molecule has 0 aliphatic carbocycles. The van der Waals surface area contributed by atoms with Crippen molar-refractivity contribution in [2.45, 2.75) is 54.9 Å². The highest BCUT2D eigenvalue weighted by Gasteiger charge is 1.99. The van der Waals surface area contributed by atoms with Gasteiger partial charge >= 0.3 is 0 Å². The standard InChI is InChI=1S/C6H12.C3H8.C2H6/c1-5-6(2,3)4;1-3-2;1-2/h5H,1H2,2-4H3;3H2,1-2H3;1-2H3. The van der Waals surface area contributed by atoms with E-state index in [-0.39, 0.29) is 0 Å². The Morgan fingerprint density at radius 1 is 1.09 bits per heavy atom. The molecule has 0 aromatic rings. The summed E-state index contributed by atoms with van der Waals surface area (Å²) in [6, 6.07) is 0. The zero-order valence-electron chi connectivity index (χ0n) is 9.49. The van der Waals surface area contributed by atoms with Crippen LogP contribution in [0.4, 0.5) is 0 Å². The third-order valence-electron chi connectivity index (χ3n) is 0.612. The van der Waals surface area contributed by atoms with Gasteiger partial charge in [0, 0.05) is 0 Å². The maximum atomic E-state index is 3.63. The van der Waals surface area contributed by atoms with Crippen molar-refractivity contribution in [1.82, 2.24) is 0 Å². The van der Waals surface area contributed by atoms with Crippen molar-refractivity contribution in [1.29, 1.82) is 0 Å². The van der Waals surface area contributed by atoms with Gasteiger partial charge in [-0.05, 0) is 5.41 Å². The summed E-state index contributed by atoms with van der Waals surface area (Å²) in [5.74, 6) is 0. The summed E-state index contributed by atoms with van der Waals surface area (Å²) in [6.07, 6.45) is 3.19. The minimum absolute atomic E-state index is 0.306. The Hall–Kier alpha value is -0.260. The van der Waals surface area contributed by atoms with Crippen molar-refractivity contribution in [3.05, 3.63) is 12.7 Å². The van der Waals surface area contributed by atoms with Crippen LogP contribution in [0.2, 0.25) is 0 Å². The molecule has 11 heavy (non-hydrogen) atoms. The van der Waals surface area contributed by atoms with Gasteiger partial charge in [-0.2, -0.15) is 0 Å². The van der Waals surface area contributed by atoms with Gasteiger partial charge in [-0.15, -0.1) is 6.58 Å². The molecule has 0 saturated heterocycles. The van der Waals surface area contributed by atoms with E-state index in [0.29, 0.717) is 5.41 Å². The normalized spacial score (nSPS) is 8.27. The van der Waals surface area contributed by atoms with Gasteiger partial charge in [0.15, 0.2) is 0 Å². The first kappa shape index (κ1) is 17.0. The molecule has 0 spiro atoms. The number of hydrogen-bond donors (Lipinski definition) is 0. The molecule has 0 unspecified atom stereocenters. The summed E-state index contributed by atoms with van der Waals surface area (Å²) >= 11 is 0. The van der Waals surface area contributed by atoms with Crippen LogP contribution in [-0.4, -0.2) is 0 Å². The average Bonchev–Trinajstić information content (AvgIpc) is 1.93. The largest absolute Gasteiger partial charge is 0.103 e. The monoisotopic (exact) mass is 158 g/mol. The molecule has 0 heterocycles. The first-order valence-corrected chi connectivity index (χ1v) is 4.61. The fraction of sp³-hybridized carbons (Fsp3) is 0.818. The SMILES string of the molecule is C=CC(C)(C)C.CC.CCC. The lowest BCUT2D eigenvalue weighted by Gasteiger charge is -2.08. The topological polar surface area (TPSA) is 0 Å². The van der Waals surface area contributed by atoms with Crippen LogP contribution >= 0.6 is 0 Å². The predicted octanol–water partition coefficient (Wildman–Crippen LogP) is 4.66. The Balaban J connectivity index is -0.000000109. The molecule has 0 nitrogen and oxygen atoms in total. The lowest BCUT2D eigenvalue weighted by atomic mass is 9.98. The second-order valence-corrected chi connectivity index (χ2v) is 3.28. The van der Waals surface area contributed by atoms with Crippen LogP contribution in [0.1, 0.15) is 54.9 Å². The van der Waals surface area contributed by atoms with E-state index in [1.807, 2.05) is 19.9 Å². The summed E-state index contributed by atoms with van der Waals surface area (Å²) in [7, 11) is 0. The minimum atomic E-state index is 0.306. The number of rotatable bonds is 0. The van der Waals surface area contributed by atoms with Crippen LogP contribution in [0, 0.1) is 5.41 Å². The first-order chi connectivity index (χ1) is 4.97. The molecule has 0 saturated carbocycles. The molecule has 0 amide bonds. The van der Waals surface area contributed by atoms with E-state index >= 15 is 0 Å². The molecule has 0 aliphatic heterocycles. The highest BCUT2D eigenvalue weighted by molar-refractivity contribution is 4.82. The molecule has 0 aliphatic rings. The second-order valence-electron chi connectivity index (χ2n) is 3.28. The van der Waals surface area contributed by atoms with Crippen molar-refractivity contribution in [3.63, 3.8) is 0 Å². The summed E-state index contributed by atoms with van der Waals surface area (Å²) in [6.45, 7) is 18.3. The van der Waals surface area contributed by atoms with Crippen molar-refractivity contribution >= 4 is 0 Å². The van der Waals surface area contributed by atoms with Gasteiger partial charge in [-0.1, -0.05) is 61.0 Å². The third kappa shape index (κ3) is 77.7. The Labute approximate surface area is 73.7 Å². The molecule has 0 heteroatoms. The number of hydrogen-bond acceptors (Lipinski definition) is 0. The highest BCUT2D eigenvalue weighted by Crippen LogP contribution is 2.11. The average molecular weight is 158 g/mol. The lowest BCUT2D eigenvalue weighted by Crippen LogP contribution is -1.96. The molecule has 0 fully saturated rings. The Kier molecular flexibility index (Phi) is 19.2. The summed E-state index contributed by atoms with van der Waals surface area (Å²) < 4.78 is 0. The predicted molar refractivity (Wildman–Crippen MR) is 57.0 cm³/mol. The molecule has 0 atom stereocenters. The first-order valence-electron chi connectivity index (χ1n) is 4.61. The van der Waals surface area contributed by atoms with E-state index in [0.717, 1.165) is 0 Å². The van der Waals surface area contributed by atoms with Gasteiger partial charge < -0.3 is 0 Å². The lowest BCUT2D eigenvalue weighted by molar-refractivity contribution is 0.546. The molecular formula is C11H26. The molecule has 0 radical (unpaired) electrons. The maximum Gasteiger partial charge on any atom is -0.0206 e. The van der Waals surface area contributed by atoms with Gasteiger partial charge in [-0.3, -0.25) is 0 Å². The van der Waals surface area contributed by atoms with Gasteiger partial charge in [0.1, 0.15) is 0 Å². The van der Waals surface area contributed by atoms with Crippen LogP contribution in [0.5, 0.6) is 0 Å². The maximum absolute atomic E-state index is 3.63.